The van der Waals surface area contributed by atoms with Crippen LogP contribution >= 0.6 is 11.6 Å². The summed E-state index contributed by atoms with van der Waals surface area (Å²) >= 11 is 6.39. The van der Waals surface area contributed by atoms with Gasteiger partial charge in [0.1, 0.15) is 5.75 Å². The lowest BCUT2D eigenvalue weighted by Crippen LogP contribution is -2.37. The van der Waals surface area contributed by atoms with E-state index in [1.54, 1.807) is 18.3 Å². The highest BCUT2D eigenvalue weighted by atomic mass is 35.5. The van der Waals surface area contributed by atoms with Crippen LogP contribution in [-0.2, 0) is 11.2 Å². The molecule has 0 bridgehead atoms. The Balaban J connectivity index is 1.30. The Morgan fingerprint density at radius 2 is 1.95 bits per heavy atom. The first-order valence-corrected chi connectivity index (χ1v) is 12.9. The number of aromatic hydroxyl groups is 1. The van der Waals surface area contributed by atoms with Gasteiger partial charge in [0, 0.05) is 29.4 Å². The Bertz CT molecular complexity index is 1490. The molecule has 1 fully saturated rings. The van der Waals surface area contributed by atoms with Gasteiger partial charge in [0.05, 0.1) is 42.7 Å². The zero-order valence-corrected chi connectivity index (χ0v) is 22.0. The van der Waals surface area contributed by atoms with Crippen LogP contribution in [-0.4, -0.2) is 52.6 Å². The summed E-state index contributed by atoms with van der Waals surface area (Å²) in [6.45, 7) is 4.18. The third-order valence-corrected chi connectivity index (χ3v) is 6.34. The van der Waals surface area contributed by atoms with Gasteiger partial charge < -0.3 is 20.1 Å². The Hall–Kier alpha value is -4.28. The number of hydrogen-bond acceptors (Lipinski definition) is 9. The second-order valence-electron chi connectivity index (χ2n) is 8.79. The van der Waals surface area contributed by atoms with Crippen molar-refractivity contribution in [3.8, 4) is 16.9 Å². The van der Waals surface area contributed by atoms with E-state index in [2.05, 4.69) is 25.8 Å². The molecule has 9 nitrogen and oxygen atoms in total. The van der Waals surface area contributed by atoms with Crippen molar-refractivity contribution in [2.75, 3.05) is 41.9 Å². The molecule has 2 aromatic carbocycles. The lowest BCUT2D eigenvalue weighted by atomic mass is 10.0. The van der Waals surface area contributed by atoms with E-state index in [-0.39, 0.29) is 17.5 Å². The van der Waals surface area contributed by atoms with E-state index in [4.69, 9.17) is 21.3 Å². The predicted octanol–water partition coefficient (Wildman–Crippen LogP) is 5.63. The van der Waals surface area contributed by atoms with Gasteiger partial charge in [-0.2, -0.15) is 10.1 Å². The maximum absolute atomic E-state index is 14.3. The summed E-state index contributed by atoms with van der Waals surface area (Å²) < 4.78 is 19.6. The monoisotopic (exact) mass is 547 g/mol. The molecule has 11 heteroatoms. The summed E-state index contributed by atoms with van der Waals surface area (Å²) in [4.78, 5) is 14.8. The normalized spacial score (nSPS) is 13.6. The summed E-state index contributed by atoms with van der Waals surface area (Å²) in [7, 11) is 0. The van der Waals surface area contributed by atoms with E-state index >= 15 is 0 Å². The lowest BCUT2D eigenvalue weighted by molar-refractivity contribution is 0.122. The van der Waals surface area contributed by atoms with Crippen molar-refractivity contribution in [3.05, 3.63) is 83.0 Å². The van der Waals surface area contributed by atoms with Gasteiger partial charge in [-0.1, -0.05) is 36.7 Å². The first-order chi connectivity index (χ1) is 19.0. The zero-order valence-electron chi connectivity index (χ0n) is 21.2. The van der Waals surface area contributed by atoms with Crippen LogP contribution in [0.1, 0.15) is 18.3 Å². The highest BCUT2D eigenvalue weighted by molar-refractivity contribution is 6.31. The topological polar surface area (TPSA) is 108 Å². The number of hydrogen-bond donors (Lipinski definition) is 3. The highest BCUT2D eigenvalue weighted by Gasteiger charge is 2.17. The van der Waals surface area contributed by atoms with Crippen LogP contribution in [0.4, 0.5) is 27.5 Å². The van der Waals surface area contributed by atoms with Crippen molar-refractivity contribution in [2.24, 2.45) is 5.10 Å². The molecule has 0 atom stereocenters. The number of ether oxygens (including phenoxy) is 1. The van der Waals surface area contributed by atoms with Gasteiger partial charge in [0.25, 0.3) is 0 Å². The maximum Gasteiger partial charge on any atom is 0.245 e. The number of pyridine rings is 1. The Morgan fingerprint density at radius 1 is 1.13 bits per heavy atom. The van der Waals surface area contributed by atoms with Crippen LogP contribution in [0, 0.1) is 5.82 Å². The van der Waals surface area contributed by atoms with Gasteiger partial charge in [-0.05, 0) is 48.4 Å². The lowest BCUT2D eigenvalue weighted by Gasteiger charge is -2.27. The second kappa shape index (κ2) is 12.1. The van der Waals surface area contributed by atoms with Crippen LogP contribution < -0.4 is 15.6 Å². The number of aromatic nitrogens is 3. The number of para-hydroxylation sites is 1. The fraction of sp³-hybridized carbons (Fsp3) is 0.214. The van der Waals surface area contributed by atoms with Crippen molar-refractivity contribution in [2.45, 2.75) is 13.3 Å². The SMILES string of the molecule is CCc1nc(/C=N/Nc2ncc(F)c(N3CCOCC3)n2)ccc1Nc1cc(Cl)cc(-c2ccccc2O)c1. The van der Waals surface area contributed by atoms with E-state index in [0.717, 1.165) is 28.8 Å². The number of anilines is 4. The molecule has 3 N–H and O–H groups in total. The molecule has 1 saturated heterocycles. The highest BCUT2D eigenvalue weighted by Crippen LogP contribution is 2.34. The third kappa shape index (κ3) is 6.42. The fourth-order valence-electron chi connectivity index (χ4n) is 4.23. The molecule has 0 unspecified atom stereocenters. The summed E-state index contributed by atoms with van der Waals surface area (Å²) in [5.41, 5.74) is 7.29. The predicted molar refractivity (Wildman–Crippen MR) is 152 cm³/mol. The average molecular weight is 548 g/mol. The quantitative estimate of drug-likeness (QED) is 0.192. The van der Waals surface area contributed by atoms with Gasteiger partial charge in [0.2, 0.25) is 5.95 Å². The number of nitrogens with one attached hydrogen (secondary N) is 2. The number of morpholine rings is 1. The standard InChI is InChI=1S/C28H27ClFN7O2/c1-2-24-25(34-21-14-18(13-19(29)15-21)22-5-3-4-6-26(22)38)8-7-20(33-24)16-32-36-28-31-17-23(30)27(35-28)37-9-11-39-12-10-37/h3-8,13-17,34,38H,2,9-12H2,1H3,(H,31,35,36)/b32-16+. The fourth-order valence-corrected chi connectivity index (χ4v) is 4.46. The number of phenols is 1. The molecular formula is C28H27ClFN7O2. The summed E-state index contributed by atoms with van der Waals surface area (Å²) in [6.07, 6.45) is 3.36. The van der Waals surface area contributed by atoms with Crippen molar-refractivity contribution in [1.82, 2.24) is 15.0 Å². The van der Waals surface area contributed by atoms with Gasteiger partial charge >= 0.3 is 0 Å². The Morgan fingerprint density at radius 3 is 2.74 bits per heavy atom. The third-order valence-electron chi connectivity index (χ3n) is 6.12. The molecule has 0 spiro atoms. The van der Waals surface area contributed by atoms with Crippen LogP contribution in [0.5, 0.6) is 5.75 Å². The van der Waals surface area contributed by atoms with Crippen molar-refractivity contribution in [3.63, 3.8) is 0 Å². The van der Waals surface area contributed by atoms with E-state index in [1.807, 2.05) is 54.3 Å². The smallest absolute Gasteiger partial charge is 0.245 e. The molecule has 0 saturated carbocycles. The summed E-state index contributed by atoms with van der Waals surface area (Å²) in [6, 6.07) is 16.4. The van der Waals surface area contributed by atoms with E-state index in [1.165, 1.54) is 0 Å². The summed E-state index contributed by atoms with van der Waals surface area (Å²) in [5, 5.41) is 18.4. The number of phenolic OH excluding ortho intramolecular Hbond substituents is 1. The number of benzene rings is 2. The molecule has 5 rings (SSSR count). The molecule has 39 heavy (non-hydrogen) atoms. The molecule has 0 aliphatic carbocycles. The largest absolute Gasteiger partial charge is 0.507 e. The van der Waals surface area contributed by atoms with Crippen molar-refractivity contribution >= 4 is 41.0 Å². The molecule has 1 aliphatic rings. The minimum Gasteiger partial charge on any atom is -0.507 e. The van der Waals surface area contributed by atoms with Crippen LogP contribution in [0.25, 0.3) is 11.1 Å². The molecule has 4 aromatic rings. The Kier molecular flexibility index (Phi) is 8.14. The van der Waals surface area contributed by atoms with Crippen molar-refractivity contribution < 1.29 is 14.2 Å². The Labute approximate surface area is 230 Å². The molecule has 0 radical (unpaired) electrons. The van der Waals surface area contributed by atoms with Crippen LogP contribution in [0.15, 0.2) is 65.9 Å². The average Bonchev–Trinajstić information content (AvgIpc) is 2.95. The van der Waals surface area contributed by atoms with Gasteiger partial charge in [-0.3, -0.25) is 0 Å². The van der Waals surface area contributed by atoms with E-state index < -0.39 is 5.82 Å². The second-order valence-corrected chi connectivity index (χ2v) is 9.23. The van der Waals surface area contributed by atoms with Crippen molar-refractivity contribution in [1.29, 1.82) is 0 Å². The number of nitrogens with zero attached hydrogens (tertiary/aromatic N) is 5. The van der Waals surface area contributed by atoms with Gasteiger partial charge in [-0.25, -0.2) is 19.8 Å². The van der Waals surface area contributed by atoms with Gasteiger partial charge in [0.15, 0.2) is 11.6 Å². The first-order valence-electron chi connectivity index (χ1n) is 12.5. The molecular weight excluding hydrogens is 521 g/mol. The van der Waals surface area contributed by atoms with E-state index in [0.29, 0.717) is 49.0 Å². The van der Waals surface area contributed by atoms with Crippen LogP contribution in [0.2, 0.25) is 5.02 Å². The number of hydrazone groups is 1. The van der Waals surface area contributed by atoms with E-state index in [9.17, 15) is 9.50 Å². The molecule has 3 heterocycles. The number of aryl methyl sites for hydroxylation is 1. The maximum atomic E-state index is 14.3. The molecule has 200 valence electrons. The molecule has 1 aliphatic heterocycles. The van der Waals surface area contributed by atoms with Crippen LogP contribution in [0.3, 0.4) is 0 Å². The molecule has 0 amide bonds. The summed E-state index contributed by atoms with van der Waals surface area (Å²) in [5.74, 6) is 0.0993. The number of halogens is 2. The first kappa shape index (κ1) is 26.3. The zero-order chi connectivity index (χ0) is 27.2. The number of rotatable bonds is 8. The van der Waals surface area contributed by atoms with Gasteiger partial charge in [-0.15, -0.1) is 0 Å². The minimum atomic E-state index is -0.490. The molecule has 2 aromatic heterocycles. The minimum absolute atomic E-state index is 0.183.